The van der Waals surface area contributed by atoms with E-state index in [1.807, 2.05) is 0 Å². The van der Waals surface area contributed by atoms with Gasteiger partial charge in [0.2, 0.25) is 0 Å². The number of hydrogen-bond donors (Lipinski definition) is 1. The number of carboxylic acids is 1. The molecule has 1 aromatic rings. The number of methoxy groups -OCH3 is 1. The monoisotopic (exact) mass is 336 g/mol. The summed E-state index contributed by atoms with van der Waals surface area (Å²) in [7, 11) is -1.70. The van der Waals surface area contributed by atoms with E-state index in [4.69, 9.17) is 26.2 Å². The lowest BCUT2D eigenvalue weighted by Gasteiger charge is -2.13. The zero-order valence-corrected chi connectivity index (χ0v) is 13.3. The molecule has 1 N–H and O–H groups in total. The third-order valence-corrected chi connectivity index (χ3v) is 4.76. The molecule has 0 saturated carbocycles. The third-order valence-electron chi connectivity index (χ3n) is 2.76. The van der Waals surface area contributed by atoms with E-state index in [0.717, 1.165) is 0 Å². The van der Waals surface area contributed by atoms with Gasteiger partial charge >= 0.3 is 5.97 Å². The molecular formula is C13H17ClO6S. The van der Waals surface area contributed by atoms with Crippen molar-refractivity contribution in [1.29, 1.82) is 0 Å². The van der Waals surface area contributed by atoms with E-state index in [2.05, 4.69) is 0 Å². The molecule has 0 aliphatic rings. The van der Waals surface area contributed by atoms with E-state index in [1.165, 1.54) is 19.2 Å². The predicted octanol–water partition coefficient (Wildman–Crippen LogP) is 2.25. The number of benzene rings is 1. The zero-order chi connectivity index (χ0) is 16.0. The Hall–Kier alpha value is -1.47. The smallest absolute Gasteiger partial charge is 0.339 e. The van der Waals surface area contributed by atoms with Crippen LogP contribution in [0.2, 0.25) is 5.02 Å². The Labute approximate surface area is 128 Å². The lowest BCUT2D eigenvalue weighted by Crippen LogP contribution is -2.13. The average molecular weight is 337 g/mol. The molecule has 118 valence electrons. The van der Waals surface area contributed by atoms with Gasteiger partial charge < -0.3 is 14.6 Å². The molecule has 0 unspecified atom stereocenters. The number of hydrogen-bond acceptors (Lipinski definition) is 5. The van der Waals surface area contributed by atoms with E-state index >= 15 is 0 Å². The number of ether oxygens (including phenoxy) is 2. The average Bonchev–Trinajstić information content (AvgIpc) is 2.43. The standard InChI is InChI=1S/C13H17ClO6S/c1-3-21(17,18)6-4-5-20-12-10(13(15)16)7-9(14)8-11(12)19-2/h7-8H,3-6H2,1-2H3,(H,15,16). The van der Waals surface area contributed by atoms with Crippen LogP contribution < -0.4 is 9.47 Å². The summed E-state index contributed by atoms with van der Waals surface area (Å²) in [6.07, 6.45) is 0.265. The highest BCUT2D eigenvalue weighted by atomic mass is 35.5. The fourth-order valence-corrected chi connectivity index (χ4v) is 2.68. The molecular weight excluding hydrogens is 320 g/mol. The predicted molar refractivity (Wildman–Crippen MR) is 79.4 cm³/mol. The van der Waals surface area contributed by atoms with Gasteiger partial charge in [-0.3, -0.25) is 0 Å². The van der Waals surface area contributed by atoms with Crippen molar-refractivity contribution in [2.24, 2.45) is 0 Å². The molecule has 8 heteroatoms. The summed E-state index contributed by atoms with van der Waals surface area (Å²) in [5.41, 5.74) is -0.127. The van der Waals surface area contributed by atoms with Gasteiger partial charge in [0.1, 0.15) is 15.4 Å². The maximum absolute atomic E-state index is 11.4. The van der Waals surface area contributed by atoms with Crippen LogP contribution in [0.5, 0.6) is 11.5 Å². The molecule has 0 amide bonds. The Morgan fingerprint density at radius 2 is 2.05 bits per heavy atom. The molecule has 0 saturated heterocycles. The van der Waals surface area contributed by atoms with Crippen LogP contribution >= 0.6 is 11.6 Å². The number of rotatable bonds is 8. The van der Waals surface area contributed by atoms with Crippen LogP contribution in [-0.2, 0) is 9.84 Å². The van der Waals surface area contributed by atoms with Crippen LogP contribution in [0.25, 0.3) is 0 Å². The van der Waals surface area contributed by atoms with Crippen molar-refractivity contribution in [3.8, 4) is 11.5 Å². The van der Waals surface area contributed by atoms with Crippen LogP contribution in [0.15, 0.2) is 12.1 Å². The highest BCUT2D eigenvalue weighted by Gasteiger charge is 2.18. The second-order valence-electron chi connectivity index (χ2n) is 4.23. The molecule has 0 spiro atoms. The Bertz CT molecular complexity index is 611. The minimum absolute atomic E-state index is 0.0121. The van der Waals surface area contributed by atoms with Crippen LogP contribution in [0, 0.1) is 0 Å². The summed E-state index contributed by atoms with van der Waals surface area (Å²) in [5, 5.41) is 9.36. The van der Waals surface area contributed by atoms with Crippen LogP contribution in [-0.4, -0.2) is 44.7 Å². The zero-order valence-electron chi connectivity index (χ0n) is 11.8. The highest BCUT2D eigenvalue weighted by Crippen LogP contribution is 2.34. The van der Waals surface area contributed by atoms with Crippen molar-refractivity contribution in [3.63, 3.8) is 0 Å². The second-order valence-corrected chi connectivity index (χ2v) is 7.14. The first-order chi connectivity index (χ1) is 9.80. The van der Waals surface area contributed by atoms with Crippen molar-refractivity contribution < 1.29 is 27.8 Å². The van der Waals surface area contributed by atoms with E-state index < -0.39 is 15.8 Å². The molecule has 6 nitrogen and oxygen atoms in total. The molecule has 0 heterocycles. The Kier molecular flexibility index (Phi) is 6.29. The van der Waals surface area contributed by atoms with E-state index in [-0.39, 0.29) is 46.6 Å². The van der Waals surface area contributed by atoms with Crippen LogP contribution in [0.1, 0.15) is 23.7 Å². The second kappa shape index (κ2) is 7.51. The number of carboxylic acid groups (broad SMARTS) is 1. The van der Waals surface area contributed by atoms with Gasteiger partial charge in [-0.2, -0.15) is 0 Å². The summed E-state index contributed by atoms with van der Waals surface area (Å²) in [5.74, 6) is -0.909. The van der Waals surface area contributed by atoms with Crippen molar-refractivity contribution >= 4 is 27.4 Å². The SMILES string of the molecule is CCS(=O)(=O)CCCOc1c(OC)cc(Cl)cc1C(=O)O. The summed E-state index contributed by atoms with van der Waals surface area (Å²) >= 11 is 5.81. The first kappa shape index (κ1) is 17.6. The van der Waals surface area contributed by atoms with Crippen LogP contribution in [0.3, 0.4) is 0 Å². The molecule has 0 aliphatic heterocycles. The molecule has 0 aromatic heterocycles. The first-order valence-electron chi connectivity index (χ1n) is 6.24. The molecule has 0 radical (unpaired) electrons. The number of halogens is 1. The van der Waals surface area contributed by atoms with Crippen LogP contribution in [0.4, 0.5) is 0 Å². The molecule has 0 bridgehead atoms. The number of aromatic carboxylic acids is 1. The molecule has 21 heavy (non-hydrogen) atoms. The lowest BCUT2D eigenvalue weighted by molar-refractivity contribution is 0.0691. The summed E-state index contributed by atoms with van der Waals surface area (Å²) in [4.78, 5) is 11.2. The van der Waals surface area contributed by atoms with E-state index in [0.29, 0.717) is 0 Å². The molecule has 0 aliphatic carbocycles. The quantitative estimate of drug-likeness (QED) is 0.732. The number of sulfone groups is 1. The van der Waals surface area contributed by atoms with Crippen molar-refractivity contribution in [3.05, 3.63) is 22.7 Å². The summed E-state index contributed by atoms with van der Waals surface area (Å²) in [6.45, 7) is 1.64. The minimum atomic E-state index is -3.07. The van der Waals surface area contributed by atoms with Crippen molar-refractivity contribution in [2.75, 3.05) is 25.2 Å². The summed E-state index contributed by atoms with van der Waals surface area (Å²) in [6, 6.07) is 2.69. The molecule has 0 atom stereocenters. The van der Waals surface area contributed by atoms with Gasteiger partial charge in [0.25, 0.3) is 0 Å². The first-order valence-corrected chi connectivity index (χ1v) is 8.44. The Morgan fingerprint density at radius 1 is 1.38 bits per heavy atom. The topological polar surface area (TPSA) is 89.9 Å². The maximum Gasteiger partial charge on any atom is 0.339 e. The molecule has 0 fully saturated rings. The highest BCUT2D eigenvalue weighted by molar-refractivity contribution is 7.91. The fourth-order valence-electron chi connectivity index (χ4n) is 1.63. The Morgan fingerprint density at radius 3 is 2.57 bits per heavy atom. The minimum Gasteiger partial charge on any atom is -0.493 e. The third kappa shape index (κ3) is 5.09. The summed E-state index contributed by atoms with van der Waals surface area (Å²) < 4.78 is 33.2. The molecule has 1 aromatic carbocycles. The van der Waals surface area contributed by atoms with Gasteiger partial charge in [0.15, 0.2) is 11.5 Å². The maximum atomic E-state index is 11.4. The van der Waals surface area contributed by atoms with Crippen molar-refractivity contribution in [1.82, 2.24) is 0 Å². The lowest BCUT2D eigenvalue weighted by atomic mass is 10.2. The fraction of sp³-hybridized carbons (Fsp3) is 0.462. The van der Waals surface area contributed by atoms with E-state index in [1.54, 1.807) is 6.92 Å². The van der Waals surface area contributed by atoms with Gasteiger partial charge in [-0.05, 0) is 12.5 Å². The van der Waals surface area contributed by atoms with Gasteiger partial charge in [-0.25, -0.2) is 13.2 Å². The Balaban J connectivity index is 2.85. The van der Waals surface area contributed by atoms with E-state index in [9.17, 15) is 13.2 Å². The van der Waals surface area contributed by atoms with Crippen molar-refractivity contribution in [2.45, 2.75) is 13.3 Å². The van der Waals surface area contributed by atoms with Gasteiger partial charge in [0, 0.05) is 16.8 Å². The van der Waals surface area contributed by atoms with Gasteiger partial charge in [-0.1, -0.05) is 18.5 Å². The molecule has 1 rings (SSSR count). The number of carbonyl (C=O) groups is 1. The van der Waals surface area contributed by atoms with Gasteiger partial charge in [-0.15, -0.1) is 0 Å². The normalized spacial score (nSPS) is 11.2. The van der Waals surface area contributed by atoms with Gasteiger partial charge in [0.05, 0.1) is 19.5 Å². The largest absolute Gasteiger partial charge is 0.493 e.